The Balaban J connectivity index is 1.93. The van der Waals surface area contributed by atoms with Gasteiger partial charge in [-0.15, -0.1) is 0 Å². The first kappa shape index (κ1) is 16.1. The number of halogens is 1. The number of ether oxygens (including phenoxy) is 3. The maximum absolute atomic E-state index is 6.30. The van der Waals surface area contributed by atoms with E-state index in [1.807, 2.05) is 48.7 Å². The smallest absolute Gasteiger partial charge is 0.166 e. The van der Waals surface area contributed by atoms with Gasteiger partial charge >= 0.3 is 0 Å². The van der Waals surface area contributed by atoms with Crippen LogP contribution in [0.2, 0.25) is 5.02 Å². The fraction of sp³-hybridized carbons (Fsp3) is 0.200. The zero-order chi connectivity index (χ0) is 17.4. The number of methoxy groups -OCH3 is 2. The molecule has 0 bridgehead atoms. The molecule has 0 saturated carbocycles. The second-order valence-electron chi connectivity index (χ2n) is 5.85. The van der Waals surface area contributed by atoms with Gasteiger partial charge in [0, 0.05) is 28.0 Å². The Bertz CT molecular complexity index is 919. The number of hydrogen-bond donors (Lipinski definition) is 0. The van der Waals surface area contributed by atoms with Crippen LogP contribution in [0.15, 0.2) is 54.7 Å². The van der Waals surface area contributed by atoms with Crippen LogP contribution >= 0.6 is 11.6 Å². The van der Waals surface area contributed by atoms with Crippen LogP contribution in [-0.2, 0) is 11.3 Å². The summed E-state index contributed by atoms with van der Waals surface area (Å²) in [4.78, 5) is 0. The van der Waals surface area contributed by atoms with E-state index in [1.165, 1.54) is 0 Å². The van der Waals surface area contributed by atoms with Crippen LogP contribution in [0.5, 0.6) is 11.5 Å². The Labute approximate surface area is 151 Å². The molecule has 0 aliphatic carbocycles. The summed E-state index contributed by atoms with van der Waals surface area (Å²) in [5, 5.41) is 0.671. The van der Waals surface area contributed by atoms with Gasteiger partial charge in [0.05, 0.1) is 26.5 Å². The van der Waals surface area contributed by atoms with Crippen molar-refractivity contribution in [3.05, 3.63) is 76.6 Å². The highest BCUT2D eigenvalue weighted by Gasteiger charge is 2.28. The number of rotatable bonds is 3. The number of nitrogens with zero attached hydrogens (tertiary/aromatic N) is 1. The first-order chi connectivity index (χ1) is 12.2. The topological polar surface area (TPSA) is 32.6 Å². The average Bonchev–Trinajstić information content (AvgIpc) is 3.04. The first-order valence-corrected chi connectivity index (χ1v) is 8.39. The molecule has 1 aliphatic rings. The van der Waals surface area contributed by atoms with E-state index in [0.29, 0.717) is 23.1 Å². The molecule has 1 atom stereocenters. The summed E-state index contributed by atoms with van der Waals surface area (Å²) in [6.45, 7) is 0.490. The van der Waals surface area contributed by atoms with Crippen LogP contribution in [0.1, 0.15) is 22.9 Å². The highest BCUT2D eigenvalue weighted by Crippen LogP contribution is 2.43. The number of hydrogen-bond acceptors (Lipinski definition) is 3. The van der Waals surface area contributed by atoms with Gasteiger partial charge < -0.3 is 18.8 Å². The molecule has 0 unspecified atom stereocenters. The van der Waals surface area contributed by atoms with Gasteiger partial charge in [0.25, 0.3) is 0 Å². The van der Waals surface area contributed by atoms with Crippen LogP contribution in [0.25, 0.3) is 5.69 Å². The largest absolute Gasteiger partial charge is 0.493 e. The molecule has 25 heavy (non-hydrogen) atoms. The zero-order valence-electron chi connectivity index (χ0n) is 14.0. The molecule has 4 rings (SSSR count). The normalized spacial score (nSPS) is 15.9. The second-order valence-corrected chi connectivity index (χ2v) is 6.28. The molecular formula is C20H18ClNO3. The van der Waals surface area contributed by atoms with Crippen molar-refractivity contribution in [1.82, 2.24) is 4.57 Å². The van der Waals surface area contributed by atoms with Crippen molar-refractivity contribution in [2.75, 3.05) is 14.2 Å². The van der Waals surface area contributed by atoms with Crippen LogP contribution in [0, 0.1) is 0 Å². The summed E-state index contributed by atoms with van der Waals surface area (Å²) >= 11 is 6.30. The van der Waals surface area contributed by atoms with E-state index in [1.54, 1.807) is 14.2 Å². The van der Waals surface area contributed by atoms with Crippen molar-refractivity contribution in [3.63, 3.8) is 0 Å². The summed E-state index contributed by atoms with van der Waals surface area (Å²) in [5.74, 6) is 1.35. The minimum atomic E-state index is -0.307. The van der Waals surface area contributed by atoms with Gasteiger partial charge in [-0.25, -0.2) is 0 Å². The SMILES string of the molecule is COc1cccc([C@@H]2OCc3cccn3-c3ccc(Cl)cc32)c1OC. The molecule has 4 nitrogen and oxygen atoms in total. The third-order valence-corrected chi connectivity index (χ3v) is 4.71. The molecular weight excluding hydrogens is 338 g/mol. The quantitative estimate of drug-likeness (QED) is 0.678. The fourth-order valence-corrected chi connectivity index (χ4v) is 3.54. The van der Waals surface area contributed by atoms with E-state index in [0.717, 1.165) is 22.5 Å². The van der Waals surface area contributed by atoms with Crippen LogP contribution in [-0.4, -0.2) is 18.8 Å². The molecule has 0 N–H and O–H groups in total. The Morgan fingerprint density at radius 3 is 2.72 bits per heavy atom. The van der Waals surface area contributed by atoms with Gasteiger partial charge in [0.2, 0.25) is 0 Å². The summed E-state index contributed by atoms with van der Waals surface area (Å²) < 4.78 is 19.5. The Morgan fingerprint density at radius 1 is 1.04 bits per heavy atom. The Kier molecular flexibility index (Phi) is 4.15. The standard InChI is InChI=1S/C20H18ClNO3/c1-23-18-7-3-6-15(20(18)24-2)19-16-11-13(21)8-9-17(16)22-10-4-5-14(22)12-25-19/h3-11,19H,12H2,1-2H3/t19-/m0/s1. The highest BCUT2D eigenvalue weighted by molar-refractivity contribution is 6.30. The predicted molar refractivity (Wildman–Crippen MR) is 97.0 cm³/mol. The first-order valence-electron chi connectivity index (χ1n) is 8.01. The summed E-state index contributed by atoms with van der Waals surface area (Å²) in [6.07, 6.45) is 1.73. The van der Waals surface area contributed by atoms with Crippen LogP contribution in [0.3, 0.4) is 0 Å². The van der Waals surface area contributed by atoms with Gasteiger partial charge in [-0.2, -0.15) is 0 Å². The second kappa shape index (κ2) is 6.47. The summed E-state index contributed by atoms with van der Waals surface area (Å²) in [6, 6.07) is 15.8. The number of fused-ring (bicyclic) bond motifs is 3. The van der Waals surface area contributed by atoms with Crippen molar-refractivity contribution < 1.29 is 14.2 Å². The lowest BCUT2D eigenvalue weighted by atomic mass is 9.98. The van der Waals surface area contributed by atoms with E-state index in [4.69, 9.17) is 25.8 Å². The van der Waals surface area contributed by atoms with Gasteiger partial charge in [-0.05, 0) is 36.4 Å². The molecule has 3 aromatic rings. The Hall–Kier alpha value is -2.43. The predicted octanol–water partition coefficient (Wildman–Crippen LogP) is 4.77. The molecule has 0 spiro atoms. The van der Waals surface area contributed by atoms with Crippen LogP contribution < -0.4 is 9.47 Å². The lowest BCUT2D eigenvalue weighted by molar-refractivity contribution is 0.0660. The lowest BCUT2D eigenvalue weighted by Gasteiger charge is -2.22. The summed E-state index contributed by atoms with van der Waals surface area (Å²) in [7, 11) is 3.27. The monoisotopic (exact) mass is 355 g/mol. The third-order valence-electron chi connectivity index (χ3n) is 4.48. The van der Waals surface area contributed by atoms with Gasteiger partial charge in [0.15, 0.2) is 11.5 Å². The van der Waals surface area contributed by atoms with E-state index in [2.05, 4.69) is 10.6 Å². The third kappa shape index (κ3) is 2.68. The zero-order valence-corrected chi connectivity index (χ0v) is 14.8. The van der Waals surface area contributed by atoms with Crippen molar-refractivity contribution in [2.24, 2.45) is 0 Å². The molecule has 128 valence electrons. The molecule has 0 radical (unpaired) electrons. The van der Waals surface area contributed by atoms with Gasteiger partial charge in [-0.1, -0.05) is 23.7 Å². The number of aromatic nitrogens is 1. The number of para-hydroxylation sites is 1. The molecule has 0 saturated heterocycles. The van der Waals surface area contributed by atoms with E-state index >= 15 is 0 Å². The van der Waals surface area contributed by atoms with Gasteiger partial charge in [0.1, 0.15) is 6.10 Å². The van der Waals surface area contributed by atoms with E-state index < -0.39 is 0 Å². The lowest BCUT2D eigenvalue weighted by Crippen LogP contribution is -2.08. The minimum Gasteiger partial charge on any atom is -0.493 e. The molecule has 1 aromatic heterocycles. The molecule has 0 amide bonds. The minimum absolute atomic E-state index is 0.307. The van der Waals surface area contributed by atoms with Gasteiger partial charge in [-0.3, -0.25) is 0 Å². The maximum Gasteiger partial charge on any atom is 0.166 e. The highest BCUT2D eigenvalue weighted by atomic mass is 35.5. The van der Waals surface area contributed by atoms with E-state index in [-0.39, 0.29) is 6.10 Å². The van der Waals surface area contributed by atoms with Crippen molar-refractivity contribution in [1.29, 1.82) is 0 Å². The van der Waals surface area contributed by atoms with Crippen molar-refractivity contribution in [2.45, 2.75) is 12.7 Å². The molecule has 5 heteroatoms. The molecule has 1 aliphatic heterocycles. The maximum atomic E-state index is 6.30. The molecule has 2 aromatic carbocycles. The average molecular weight is 356 g/mol. The Morgan fingerprint density at radius 2 is 1.92 bits per heavy atom. The van der Waals surface area contributed by atoms with E-state index in [9.17, 15) is 0 Å². The fourth-order valence-electron chi connectivity index (χ4n) is 3.36. The number of benzene rings is 2. The molecule has 0 fully saturated rings. The van der Waals surface area contributed by atoms with Crippen molar-refractivity contribution in [3.8, 4) is 17.2 Å². The summed E-state index contributed by atoms with van der Waals surface area (Å²) in [5.41, 5.74) is 4.05. The molecule has 2 heterocycles. The van der Waals surface area contributed by atoms with Crippen molar-refractivity contribution >= 4 is 11.6 Å². The van der Waals surface area contributed by atoms with Crippen LogP contribution in [0.4, 0.5) is 0 Å².